The zero-order valence-electron chi connectivity index (χ0n) is 30.7. The first-order valence-corrected chi connectivity index (χ1v) is 23.1. The number of benzene rings is 3. The van der Waals surface area contributed by atoms with Gasteiger partial charge in [0.05, 0.1) is 18.5 Å². The van der Waals surface area contributed by atoms with Crippen molar-refractivity contribution < 1.29 is 19.6 Å². The molecule has 2 nitrogen and oxygen atoms in total. The van der Waals surface area contributed by atoms with Gasteiger partial charge in [0.15, 0.2) is 0 Å². The fourth-order valence-electron chi connectivity index (χ4n) is 7.82. The Morgan fingerprint density at radius 3 is 2.12 bits per heavy atom. The van der Waals surface area contributed by atoms with Crippen LogP contribution in [0.3, 0.4) is 0 Å². The van der Waals surface area contributed by atoms with E-state index in [1.54, 1.807) is 5.70 Å². The van der Waals surface area contributed by atoms with Gasteiger partial charge in [0.1, 0.15) is 13.1 Å². The molecule has 0 amide bonds. The SMILES string of the molecule is CCC1=C(N2[CH-]C(C)(c3ccccc3)CC2(C)C)C(CC)CC=C1.[CH2-]c1ccccc1C[N+](C)(Cc1ccccc1)Cc1cccs1.[Cl][Ru+2][Cl]. The van der Waals surface area contributed by atoms with Crippen molar-refractivity contribution >= 4 is 30.7 Å². The van der Waals surface area contributed by atoms with Crippen LogP contribution in [0.15, 0.2) is 126 Å². The third-order valence-electron chi connectivity index (χ3n) is 10.1. The van der Waals surface area contributed by atoms with Crippen LogP contribution in [0.4, 0.5) is 0 Å². The number of hydrogen-bond acceptors (Lipinski definition) is 2. The first-order chi connectivity index (χ1) is 24.0. The van der Waals surface area contributed by atoms with E-state index in [-0.39, 0.29) is 26.1 Å². The van der Waals surface area contributed by atoms with Gasteiger partial charge in [-0.3, -0.25) is 0 Å². The Bertz CT molecular complexity index is 1650. The molecule has 3 unspecified atom stereocenters. The Labute approximate surface area is 323 Å². The number of halogens is 2. The summed E-state index contributed by atoms with van der Waals surface area (Å²) >= 11 is 1.50. The van der Waals surface area contributed by atoms with Gasteiger partial charge in [-0.1, -0.05) is 117 Å². The molecule has 0 N–H and O–H groups in total. The van der Waals surface area contributed by atoms with Crippen LogP contribution in [0.2, 0.25) is 0 Å². The number of quaternary nitrogens is 1. The molecule has 3 aromatic carbocycles. The first kappa shape index (κ1) is 40.4. The molecule has 3 atom stereocenters. The van der Waals surface area contributed by atoms with E-state index in [1.165, 1.54) is 40.0 Å². The van der Waals surface area contributed by atoms with Gasteiger partial charge in [-0.25, -0.2) is 6.54 Å². The quantitative estimate of drug-likeness (QED) is 0.0876. The number of rotatable bonds is 10. The van der Waals surface area contributed by atoms with E-state index in [1.807, 2.05) is 11.3 Å². The Kier molecular flexibility index (Phi) is 15.3. The van der Waals surface area contributed by atoms with Crippen LogP contribution in [0.1, 0.15) is 87.4 Å². The normalized spacial score (nSPS) is 20.7. The van der Waals surface area contributed by atoms with Crippen molar-refractivity contribution in [3.8, 4) is 0 Å². The minimum atomic E-state index is -0.346. The average Bonchev–Trinajstić information content (AvgIpc) is 3.70. The van der Waals surface area contributed by atoms with Crippen molar-refractivity contribution in [2.45, 2.75) is 90.9 Å². The molecule has 1 aliphatic carbocycles. The van der Waals surface area contributed by atoms with Crippen molar-refractivity contribution in [1.82, 2.24) is 4.90 Å². The summed E-state index contributed by atoms with van der Waals surface area (Å²) < 4.78 is 0.955. The summed E-state index contributed by atoms with van der Waals surface area (Å²) in [5.41, 5.74) is 8.64. The molecule has 50 heavy (non-hydrogen) atoms. The zero-order valence-corrected chi connectivity index (χ0v) is 34.8. The fourth-order valence-corrected chi connectivity index (χ4v) is 8.69. The van der Waals surface area contributed by atoms with Crippen LogP contribution >= 0.6 is 30.7 Å². The summed E-state index contributed by atoms with van der Waals surface area (Å²) in [7, 11) is 12.1. The molecule has 1 saturated heterocycles. The Hall–Kier alpha value is -2.33. The second-order valence-corrected chi connectivity index (χ2v) is 18.4. The molecule has 4 aromatic rings. The van der Waals surface area contributed by atoms with Crippen LogP contribution < -0.4 is 0 Å². The second-order valence-electron chi connectivity index (χ2n) is 14.8. The molecule has 0 bridgehead atoms. The van der Waals surface area contributed by atoms with Crippen LogP contribution in [0.25, 0.3) is 0 Å². The molecule has 1 aromatic heterocycles. The van der Waals surface area contributed by atoms with E-state index in [4.69, 9.17) is 19.4 Å². The number of hydrogen-bond donors (Lipinski definition) is 0. The third-order valence-corrected chi connectivity index (χ3v) is 10.9. The maximum absolute atomic E-state index is 4.85. The summed E-state index contributed by atoms with van der Waals surface area (Å²) in [6, 6.07) is 34.7. The van der Waals surface area contributed by atoms with E-state index in [2.05, 4.69) is 175 Å². The Morgan fingerprint density at radius 2 is 1.52 bits per heavy atom. The summed E-state index contributed by atoms with van der Waals surface area (Å²) in [5, 5.41) is 2.16. The molecule has 1 aliphatic heterocycles. The minimum absolute atomic E-state index is 0.107. The van der Waals surface area contributed by atoms with Crippen molar-refractivity contribution in [3.05, 3.63) is 166 Å². The topological polar surface area (TPSA) is 3.24 Å². The molecule has 2 aliphatic rings. The van der Waals surface area contributed by atoms with Crippen LogP contribution in [0, 0.1) is 19.4 Å². The number of allylic oxidation sites excluding steroid dienone is 4. The Balaban J connectivity index is 0.000000209. The molecule has 0 radical (unpaired) electrons. The van der Waals surface area contributed by atoms with E-state index < -0.39 is 0 Å². The van der Waals surface area contributed by atoms with E-state index >= 15 is 0 Å². The van der Waals surface area contributed by atoms with E-state index in [9.17, 15) is 0 Å². The molecule has 0 saturated carbocycles. The van der Waals surface area contributed by atoms with Gasteiger partial charge < -0.3 is 9.38 Å². The van der Waals surface area contributed by atoms with Gasteiger partial charge in [-0.05, 0) is 68.2 Å². The van der Waals surface area contributed by atoms with Gasteiger partial charge in [-0.2, -0.15) is 18.6 Å². The van der Waals surface area contributed by atoms with Crippen molar-refractivity contribution in [3.63, 3.8) is 0 Å². The van der Waals surface area contributed by atoms with Crippen LogP contribution in [-0.4, -0.2) is 22.0 Å². The molecule has 6 heteroatoms. The molecule has 6 rings (SSSR count). The van der Waals surface area contributed by atoms with Gasteiger partial charge >= 0.3 is 34.5 Å². The van der Waals surface area contributed by atoms with E-state index in [0.29, 0.717) is 5.92 Å². The third kappa shape index (κ3) is 10.8. The maximum atomic E-state index is 4.85. The van der Waals surface area contributed by atoms with Crippen molar-refractivity contribution in [2.75, 3.05) is 7.05 Å². The van der Waals surface area contributed by atoms with Gasteiger partial charge in [0, 0.05) is 11.1 Å². The molecule has 2 heterocycles. The summed E-state index contributed by atoms with van der Waals surface area (Å²) in [6.45, 7) is 21.6. The fraction of sp³-hybridized carbons (Fsp3) is 0.364. The predicted molar refractivity (Wildman–Crippen MR) is 214 cm³/mol. The van der Waals surface area contributed by atoms with E-state index in [0.717, 1.165) is 42.5 Å². The molecular weight excluding hydrogens is 761 g/mol. The molecule has 0 spiro atoms. The van der Waals surface area contributed by atoms with Crippen LogP contribution in [0.5, 0.6) is 0 Å². The van der Waals surface area contributed by atoms with Gasteiger partial charge in [0.2, 0.25) is 0 Å². The number of nitrogens with zero attached hydrogens (tertiary/aromatic N) is 2. The summed E-state index contributed by atoms with van der Waals surface area (Å²) in [4.78, 5) is 4.07. The Morgan fingerprint density at radius 1 is 0.880 bits per heavy atom. The monoisotopic (exact) mass is 815 g/mol. The van der Waals surface area contributed by atoms with Crippen molar-refractivity contribution in [2.24, 2.45) is 5.92 Å². The zero-order chi connectivity index (χ0) is 36.2. The van der Waals surface area contributed by atoms with Gasteiger partial charge in [0.25, 0.3) is 0 Å². The predicted octanol–water partition coefficient (Wildman–Crippen LogP) is 12.9. The summed E-state index contributed by atoms with van der Waals surface area (Å²) in [5.74, 6) is 0.651. The standard InChI is InChI=1S/C23H32N.C21H23NS.2ClH.Ru/c1-6-18-12-11-13-19(7-2)21(18)24-17-23(5,16-22(24,3)4)20-14-9-8-10-15-20;1-18-9-6-7-12-20(18)16-22(2,17-21-13-8-14-23-21)15-19-10-4-3-5-11-19;;;/h8-12,14-15,17,19H,6-7,13,16H2,1-5H3;3-14H,1,15-17H2,2H3;2*1H;/q-1;;;;+4/p-2. The molecule has 1 fully saturated rings. The van der Waals surface area contributed by atoms with Crippen molar-refractivity contribution in [1.29, 1.82) is 0 Å². The summed E-state index contributed by atoms with van der Waals surface area (Å²) in [6.07, 6.45) is 9.40. The number of thiophene rings is 1. The second kappa shape index (κ2) is 19.0. The molecule has 268 valence electrons. The van der Waals surface area contributed by atoms with Crippen LogP contribution in [-0.2, 0) is 40.2 Å². The average molecular weight is 816 g/mol. The number of likely N-dealkylation sites (tertiary alicyclic amines) is 1. The van der Waals surface area contributed by atoms with Gasteiger partial charge in [-0.15, -0.1) is 28.9 Å². The first-order valence-electron chi connectivity index (χ1n) is 17.7. The molecular formula is C44H55Cl2N2RuS+.